The van der Waals surface area contributed by atoms with Gasteiger partial charge in [-0.05, 0) is 32.1 Å². The van der Waals surface area contributed by atoms with Gasteiger partial charge < -0.3 is 14.8 Å². The molecule has 1 unspecified atom stereocenters. The summed E-state index contributed by atoms with van der Waals surface area (Å²) in [7, 11) is 0. The molecule has 0 bridgehead atoms. The van der Waals surface area contributed by atoms with Crippen LogP contribution in [-0.4, -0.2) is 38.5 Å². The highest BCUT2D eigenvalue weighted by Crippen LogP contribution is 2.18. The van der Waals surface area contributed by atoms with E-state index in [9.17, 15) is 0 Å². The molecule has 1 heterocycles. The number of rotatable bonds is 6. The fourth-order valence-electron chi connectivity index (χ4n) is 1.78. The van der Waals surface area contributed by atoms with E-state index in [0.29, 0.717) is 6.10 Å². The summed E-state index contributed by atoms with van der Waals surface area (Å²) in [5.41, 5.74) is 0. The van der Waals surface area contributed by atoms with Crippen molar-refractivity contribution in [3.05, 3.63) is 0 Å². The van der Waals surface area contributed by atoms with E-state index in [0.717, 1.165) is 32.4 Å². The minimum absolute atomic E-state index is 0.365. The fourth-order valence-corrected chi connectivity index (χ4v) is 1.78. The monoisotopic (exact) mass is 199 g/mol. The van der Waals surface area contributed by atoms with E-state index >= 15 is 0 Å². The van der Waals surface area contributed by atoms with Crippen LogP contribution < -0.4 is 5.32 Å². The Balaban J connectivity index is 1.41. The summed E-state index contributed by atoms with van der Waals surface area (Å²) in [6.07, 6.45) is 6.77. The minimum Gasteiger partial charge on any atom is -0.377 e. The van der Waals surface area contributed by atoms with Crippen LogP contribution in [0, 0.1) is 0 Å². The van der Waals surface area contributed by atoms with Gasteiger partial charge in [0, 0.05) is 19.2 Å². The second-order valence-corrected chi connectivity index (χ2v) is 4.29. The first kappa shape index (κ1) is 10.4. The average molecular weight is 199 g/mol. The van der Waals surface area contributed by atoms with Gasteiger partial charge in [-0.3, -0.25) is 0 Å². The summed E-state index contributed by atoms with van der Waals surface area (Å²) in [6, 6.07) is 0.796. The average Bonchev–Trinajstić information content (AvgIpc) is 3.03. The molecular weight excluding hydrogens is 178 g/mol. The molecule has 0 aromatic carbocycles. The zero-order valence-corrected chi connectivity index (χ0v) is 8.84. The summed E-state index contributed by atoms with van der Waals surface area (Å²) >= 11 is 0. The molecule has 1 saturated carbocycles. The molecular formula is C11H21NO2. The second kappa shape index (κ2) is 5.69. The smallest absolute Gasteiger partial charge is 0.0808 e. The standard InChI is InChI=1S/C11H21NO2/c1-2-7-14-11(3-1)9-13-8-6-12-10-4-5-10/h10-12H,1-9H2. The van der Waals surface area contributed by atoms with Gasteiger partial charge in [0.15, 0.2) is 0 Å². The molecule has 1 N–H and O–H groups in total. The highest BCUT2D eigenvalue weighted by Gasteiger charge is 2.19. The molecule has 0 aromatic rings. The van der Waals surface area contributed by atoms with Crippen LogP contribution in [0.3, 0.4) is 0 Å². The van der Waals surface area contributed by atoms with Crippen molar-refractivity contribution in [3.8, 4) is 0 Å². The summed E-state index contributed by atoms with van der Waals surface area (Å²) < 4.78 is 11.1. The van der Waals surface area contributed by atoms with Crippen LogP contribution in [-0.2, 0) is 9.47 Å². The Morgan fingerprint density at radius 3 is 2.86 bits per heavy atom. The molecule has 0 radical (unpaired) electrons. The van der Waals surface area contributed by atoms with Crippen molar-refractivity contribution in [2.75, 3.05) is 26.4 Å². The van der Waals surface area contributed by atoms with Gasteiger partial charge in [-0.25, -0.2) is 0 Å². The van der Waals surface area contributed by atoms with Gasteiger partial charge in [-0.15, -0.1) is 0 Å². The van der Waals surface area contributed by atoms with Gasteiger partial charge in [-0.2, -0.15) is 0 Å². The zero-order valence-electron chi connectivity index (χ0n) is 8.84. The first-order valence-corrected chi connectivity index (χ1v) is 5.88. The van der Waals surface area contributed by atoms with Gasteiger partial charge >= 0.3 is 0 Å². The normalized spacial score (nSPS) is 27.9. The van der Waals surface area contributed by atoms with E-state index in [1.165, 1.54) is 32.1 Å². The zero-order chi connectivity index (χ0) is 9.64. The lowest BCUT2D eigenvalue weighted by atomic mass is 10.1. The van der Waals surface area contributed by atoms with E-state index in [-0.39, 0.29) is 0 Å². The summed E-state index contributed by atoms with van der Waals surface area (Å²) in [5.74, 6) is 0. The molecule has 3 heteroatoms. The third-order valence-corrected chi connectivity index (χ3v) is 2.83. The van der Waals surface area contributed by atoms with Crippen LogP contribution >= 0.6 is 0 Å². The predicted molar refractivity (Wildman–Crippen MR) is 55.4 cm³/mol. The maximum Gasteiger partial charge on any atom is 0.0808 e. The van der Waals surface area contributed by atoms with E-state index < -0.39 is 0 Å². The third kappa shape index (κ3) is 3.95. The maximum atomic E-state index is 5.57. The molecule has 2 rings (SSSR count). The van der Waals surface area contributed by atoms with Crippen molar-refractivity contribution in [3.63, 3.8) is 0 Å². The molecule has 82 valence electrons. The van der Waals surface area contributed by atoms with Gasteiger partial charge in [-0.1, -0.05) is 0 Å². The molecule has 2 aliphatic rings. The summed E-state index contributed by atoms with van der Waals surface area (Å²) in [5, 5.41) is 3.43. The Morgan fingerprint density at radius 2 is 2.14 bits per heavy atom. The number of nitrogens with one attached hydrogen (secondary N) is 1. The van der Waals surface area contributed by atoms with Gasteiger partial charge in [0.05, 0.1) is 19.3 Å². The Kier molecular flexibility index (Phi) is 4.22. The Labute approximate surface area is 86.2 Å². The minimum atomic E-state index is 0.365. The lowest BCUT2D eigenvalue weighted by molar-refractivity contribution is -0.0399. The van der Waals surface area contributed by atoms with Crippen molar-refractivity contribution in [1.29, 1.82) is 0 Å². The molecule has 2 fully saturated rings. The molecule has 1 aliphatic carbocycles. The third-order valence-electron chi connectivity index (χ3n) is 2.83. The van der Waals surface area contributed by atoms with Crippen molar-refractivity contribution >= 4 is 0 Å². The summed E-state index contributed by atoms with van der Waals surface area (Å²) in [4.78, 5) is 0. The van der Waals surface area contributed by atoms with Crippen molar-refractivity contribution in [2.45, 2.75) is 44.2 Å². The Hall–Kier alpha value is -0.120. The topological polar surface area (TPSA) is 30.5 Å². The van der Waals surface area contributed by atoms with Crippen LogP contribution in [0.1, 0.15) is 32.1 Å². The predicted octanol–water partition coefficient (Wildman–Crippen LogP) is 1.32. The molecule has 0 aromatic heterocycles. The van der Waals surface area contributed by atoms with Crippen LogP contribution in [0.2, 0.25) is 0 Å². The quantitative estimate of drug-likeness (QED) is 0.655. The van der Waals surface area contributed by atoms with Crippen LogP contribution in [0.4, 0.5) is 0 Å². The number of hydrogen-bond donors (Lipinski definition) is 1. The van der Waals surface area contributed by atoms with Crippen molar-refractivity contribution in [1.82, 2.24) is 5.32 Å². The van der Waals surface area contributed by atoms with Crippen LogP contribution in [0.5, 0.6) is 0 Å². The first-order chi connectivity index (χ1) is 6.95. The molecule has 1 aliphatic heterocycles. The largest absolute Gasteiger partial charge is 0.377 e. The highest BCUT2D eigenvalue weighted by molar-refractivity contribution is 4.80. The van der Waals surface area contributed by atoms with E-state index in [1.54, 1.807) is 0 Å². The second-order valence-electron chi connectivity index (χ2n) is 4.29. The lowest BCUT2D eigenvalue weighted by Crippen LogP contribution is -2.27. The van der Waals surface area contributed by atoms with Crippen molar-refractivity contribution in [2.24, 2.45) is 0 Å². The molecule has 0 amide bonds. The lowest BCUT2D eigenvalue weighted by Gasteiger charge is -2.22. The van der Waals surface area contributed by atoms with Crippen LogP contribution in [0.25, 0.3) is 0 Å². The van der Waals surface area contributed by atoms with E-state index in [1.807, 2.05) is 0 Å². The maximum absolute atomic E-state index is 5.57. The Morgan fingerprint density at radius 1 is 1.21 bits per heavy atom. The van der Waals surface area contributed by atoms with Crippen molar-refractivity contribution < 1.29 is 9.47 Å². The van der Waals surface area contributed by atoms with Gasteiger partial charge in [0.2, 0.25) is 0 Å². The van der Waals surface area contributed by atoms with E-state index in [4.69, 9.17) is 9.47 Å². The fraction of sp³-hybridized carbons (Fsp3) is 1.00. The molecule has 0 spiro atoms. The van der Waals surface area contributed by atoms with E-state index in [2.05, 4.69) is 5.32 Å². The summed E-state index contributed by atoms with van der Waals surface area (Å²) in [6.45, 7) is 3.54. The van der Waals surface area contributed by atoms with Crippen LogP contribution in [0.15, 0.2) is 0 Å². The molecule has 1 atom stereocenters. The molecule has 14 heavy (non-hydrogen) atoms. The number of ether oxygens (including phenoxy) is 2. The van der Waals surface area contributed by atoms with Gasteiger partial charge in [0.25, 0.3) is 0 Å². The Bertz CT molecular complexity index is 153. The molecule has 3 nitrogen and oxygen atoms in total. The van der Waals surface area contributed by atoms with Gasteiger partial charge in [0.1, 0.15) is 0 Å². The molecule has 1 saturated heterocycles. The SMILES string of the molecule is C1CCC(COCCNC2CC2)OC1. The highest BCUT2D eigenvalue weighted by atomic mass is 16.5. The first-order valence-electron chi connectivity index (χ1n) is 5.88. The number of hydrogen-bond acceptors (Lipinski definition) is 3.